The van der Waals surface area contributed by atoms with Gasteiger partial charge in [0.1, 0.15) is 5.82 Å². The molecule has 1 heterocycles. The Balaban J connectivity index is 1.98. The largest absolute Gasteiger partial charge is 0.339 e. The van der Waals surface area contributed by atoms with Crippen LogP contribution in [0.5, 0.6) is 0 Å². The van der Waals surface area contributed by atoms with Gasteiger partial charge in [0.05, 0.1) is 13.0 Å². The summed E-state index contributed by atoms with van der Waals surface area (Å²) in [6.07, 6.45) is 0.527. The zero-order chi connectivity index (χ0) is 12.1. The van der Waals surface area contributed by atoms with Crippen LogP contribution in [0.2, 0.25) is 0 Å². The van der Waals surface area contributed by atoms with Gasteiger partial charge in [-0.15, -0.1) is 0 Å². The third-order valence-corrected chi connectivity index (χ3v) is 2.31. The summed E-state index contributed by atoms with van der Waals surface area (Å²) >= 11 is 0. The molecule has 0 unspecified atom stereocenters. The second-order valence-corrected chi connectivity index (χ2v) is 3.69. The second kappa shape index (κ2) is 5.54. The van der Waals surface area contributed by atoms with E-state index in [4.69, 9.17) is 4.52 Å². The molecule has 1 aromatic carbocycles. The van der Waals surface area contributed by atoms with Gasteiger partial charge in [-0.25, -0.2) is 4.39 Å². The highest BCUT2D eigenvalue weighted by Crippen LogP contribution is 2.08. The number of hydrogen-bond acceptors (Lipinski definition) is 4. The fraction of sp³-hybridized carbons (Fsp3) is 0.333. The first kappa shape index (κ1) is 11.7. The molecule has 0 aliphatic carbocycles. The van der Waals surface area contributed by atoms with E-state index in [0.29, 0.717) is 24.7 Å². The highest BCUT2D eigenvalue weighted by Gasteiger charge is 2.06. The number of aromatic nitrogens is 2. The quantitative estimate of drug-likeness (QED) is 0.860. The van der Waals surface area contributed by atoms with Crippen molar-refractivity contribution in [2.45, 2.75) is 19.9 Å². The van der Waals surface area contributed by atoms with Crippen LogP contribution in [0.1, 0.15) is 24.2 Å². The van der Waals surface area contributed by atoms with E-state index in [1.54, 1.807) is 12.1 Å². The van der Waals surface area contributed by atoms with Crippen LogP contribution in [0, 0.1) is 5.82 Å². The summed E-state index contributed by atoms with van der Waals surface area (Å²) in [6, 6.07) is 6.27. The first-order valence-corrected chi connectivity index (χ1v) is 5.54. The third-order valence-electron chi connectivity index (χ3n) is 2.31. The molecule has 0 aliphatic rings. The molecule has 0 saturated carbocycles. The summed E-state index contributed by atoms with van der Waals surface area (Å²) in [5.74, 6) is 0.945. The predicted molar refractivity (Wildman–Crippen MR) is 60.9 cm³/mol. The minimum atomic E-state index is -0.243. The van der Waals surface area contributed by atoms with Crippen molar-refractivity contribution in [3.8, 4) is 0 Å². The van der Waals surface area contributed by atoms with Crippen molar-refractivity contribution in [2.24, 2.45) is 0 Å². The average Bonchev–Trinajstić information content (AvgIpc) is 2.77. The summed E-state index contributed by atoms with van der Waals surface area (Å²) in [5, 5.41) is 6.96. The maximum atomic E-state index is 12.7. The fourth-order valence-electron chi connectivity index (χ4n) is 1.45. The molecule has 0 radical (unpaired) electrons. The number of halogens is 1. The second-order valence-electron chi connectivity index (χ2n) is 3.69. The monoisotopic (exact) mass is 235 g/mol. The standard InChI is InChI=1S/C12H14FN3O/c1-2-14-8-11-15-12(17-16-11)7-9-3-5-10(13)6-4-9/h3-6,14H,2,7-8H2,1H3. The van der Waals surface area contributed by atoms with Crippen LogP contribution in [0.15, 0.2) is 28.8 Å². The molecule has 0 saturated heterocycles. The van der Waals surface area contributed by atoms with Gasteiger partial charge < -0.3 is 9.84 Å². The number of hydrogen-bond donors (Lipinski definition) is 1. The van der Waals surface area contributed by atoms with Crippen molar-refractivity contribution >= 4 is 0 Å². The van der Waals surface area contributed by atoms with E-state index in [2.05, 4.69) is 15.5 Å². The van der Waals surface area contributed by atoms with Crippen molar-refractivity contribution < 1.29 is 8.91 Å². The summed E-state index contributed by atoms with van der Waals surface area (Å²) < 4.78 is 17.8. The van der Waals surface area contributed by atoms with Crippen LogP contribution in [0.25, 0.3) is 0 Å². The van der Waals surface area contributed by atoms with Gasteiger partial charge in [-0.05, 0) is 24.2 Å². The minimum Gasteiger partial charge on any atom is -0.339 e. The summed E-state index contributed by atoms with van der Waals surface area (Å²) in [4.78, 5) is 4.23. The van der Waals surface area contributed by atoms with Gasteiger partial charge in [0.15, 0.2) is 5.82 Å². The number of rotatable bonds is 5. The predicted octanol–water partition coefficient (Wildman–Crippen LogP) is 1.91. The van der Waals surface area contributed by atoms with Gasteiger partial charge in [0, 0.05) is 0 Å². The van der Waals surface area contributed by atoms with E-state index in [-0.39, 0.29) is 5.82 Å². The highest BCUT2D eigenvalue weighted by atomic mass is 19.1. The molecule has 1 N–H and O–H groups in total. The van der Waals surface area contributed by atoms with Crippen LogP contribution in [0.4, 0.5) is 4.39 Å². The Bertz CT molecular complexity index is 467. The molecule has 4 nitrogen and oxygen atoms in total. The van der Waals surface area contributed by atoms with Crippen LogP contribution in [-0.4, -0.2) is 16.7 Å². The molecule has 17 heavy (non-hydrogen) atoms. The maximum absolute atomic E-state index is 12.7. The zero-order valence-electron chi connectivity index (χ0n) is 9.61. The normalized spacial score (nSPS) is 10.7. The van der Waals surface area contributed by atoms with E-state index in [1.165, 1.54) is 12.1 Å². The molecule has 5 heteroatoms. The van der Waals surface area contributed by atoms with Crippen molar-refractivity contribution in [3.63, 3.8) is 0 Å². The van der Waals surface area contributed by atoms with E-state index in [9.17, 15) is 4.39 Å². The van der Waals surface area contributed by atoms with Crippen LogP contribution >= 0.6 is 0 Å². The van der Waals surface area contributed by atoms with Crippen molar-refractivity contribution in [3.05, 3.63) is 47.4 Å². The molecule has 1 aromatic heterocycles. The Hall–Kier alpha value is -1.75. The molecule has 0 amide bonds. The van der Waals surface area contributed by atoms with Crippen molar-refractivity contribution in [2.75, 3.05) is 6.54 Å². The SMILES string of the molecule is CCNCc1noc(Cc2ccc(F)cc2)n1. The van der Waals surface area contributed by atoms with Gasteiger partial charge >= 0.3 is 0 Å². The molecule has 90 valence electrons. The van der Waals surface area contributed by atoms with E-state index < -0.39 is 0 Å². The molecule has 2 rings (SSSR count). The average molecular weight is 235 g/mol. The topological polar surface area (TPSA) is 51.0 Å². The first-order valence-electron chi connectivity index (χ1n) is 5.54. The van der Waals surface area contributed by atoms with Gasteiger partial charge in [0.2, 0.25) is 5.89 Å². The summed E-state index contributed by atoms with van der Waals surface area (Å²) in [5.41, 5.74) is 0.949. The Morgan fingerprint density at radius 1 is 1.29 bits per heavy atom. The number of nitrogens with zero attached hydrogens (tertiary/aromatic N) is 2. The zero-order valence-corrected chi connectivity index (χ0v) is 9.61. The molecule has 0 fully saturated rings. The Labute approximate surface area is 98.8 Å². The first-order chi connectivity index (χ1) is 8.28. The lowest BCUT2D eigenvalue weighted by Gasteiger charge is -1.95. The van der Waals surface area contributed by atoms with E-state index in [0.717, 1.165) is 12.1 Å². The number of benzene rings is 1. The fourth-order valence-corrected chi connectivity index (χ4v) is 1.45. The molecule has 0 bridgehead atoms. The maximum Gasteiger partial charge on any atom is 0.231 e. The smallest absolute Gasteiger partial charge is 0.231 e. The van der Waals surface area contributed by atoms with E-state index >= 15 is 0 Å². The molecule has 0 aliphatic heterocycles. The summed E-state index contributed by atoms with van der Waals surface area (Å²) in [6.45, 7) is 3.48. The van der Waals surface area contributed by atoms with Crippen molar-refractivity contribution in [1.82, 2.24) is 15.5 Å². The van der Waals surface area contributed by atoms with Crippen LogP contribution in [0.3, 0.4) is 0 Å². The Kier molecular flexibility index (Phi) is 3.82. The van der Waals surface area contributed by atoms with E-state index in [1.807, 2.05) is 6.92 Å². The van der Waals surface area contributed by atoms with Crippen LogP contribution in [-0.2, 0) is 13.0 Å². The lowest BCUT2D eigenvalue weighted by molar-refractivity contribution is 0.378. The van der Waals surface area contributed by atoms with Gasteiger partial charge in [-0.3, -0.25) is 0 Å². The van der Waals surface area contributed by atoms with Gasteiger partial charge in [0.25, 0.3) is 0 Å². The number of nitrogens with one attached hydrogen (secondary N) is 1. The molecular formula is C12H14FN3O. The highest BCUT2D eigenvalue weighted by molar-refractivity contribution is 5.19. The lowest BCUT2D eigenvalue weighted by Crippen LogP contribution is -2.12. The Morgan fingerprint density at radius 3 is 2.76 bits per heavy atom. The lowest BCUT2D eigenvalue weighted by atomic mass is 10.1. The van der Waals surface area contributed by atoms with Crippen molar-refractivity contribution in [1.29, 1.82) is 0 Å². The molecule has 0 spiro atoms. The van der Waals surface area contributed by atoms with Crippen LogP contribution < -0.4 is 5.32 Å². The molecule has 2 aromatic rings. The van der Waals surface area contributed by atoms with Gasteiger partial charge in [-0.1, -0.05) is 24.2 Å². The summed E-state index contributed by atoms with van der Waals surface area (Å²) in [7, 11) is 0. The molecule has 0 atom stereocenters. The molecular weight excluding hydrogens is 221 g/mol. The van der Waals surface area contributed by atoms with Gasteiger partial charge in [-0.2, -0.15) is 4.98 Å². The minimum absolute atomic E-state index is 0.243. The third kappa shape index (κ3) is 3.35. The Morgan fingerprint density at radius 2 is 2.06 bits per heavy atom.